The summed E-state index contributed by atoms with van der Waals surface area (Å²) in [6.07, 6.45) is 1.58. The van der Waals surface area contributed by atoms with Gasteiger partial charge in [-0.25, -0.2) is 4.79 Å². The van der Waals surface area contributed by atoms with Crippen LogP contribution in [0.15, 0.2) is 4.99 Å². The molecule has 6 unspecified atom stereocenters. The van der Waals surface area contributed by atoms with Crippen molar-refractivity contribution in [2.24, 2.45) is 34.0 Å². The molecule has 12 nitrogen and oxygen atoms in total. The van der Waals surface area contributed by atoms with Crippen molar-refractivity contribution < 1.29 is 24.3 Å². The summed E-state index contributed by atoms with van der Waals surface area (Å²) in [6, 6.07) is -3.98. The van der Waals surface area contributed by atoms with E-state index in [1.54, 1.807) is 13.8 Å². The van der Waals surface area contributed by atoms with E-state index >= 15 is 0 Å². The van der Waals surface area contributed by atoms with Crippen LogP contribution < -0.4 is 33.2 Å². The van der Waals surface area contributed by atoms with E-state index in [0.717, 1.165) is 0 Å². The van der Waals surface area contributed by atoms with Crippen molar-refractivity contribution in [2.75, 3.05) is 12.3 Å². The third-order valence-corrected chi connectivity index (χ3v) is 6.07. The van der Waals surface area contributed by atoms with Crippen LogP contribution in [0.25, 0.3) is 0 Å². The number of carboxylic acids is 1. The van der Waals surface area contributed by atoms with Crippen LogP contribution in [0.1, 0.15) is 53.4 Å². The van der Waals surface area contributed by atoms with E-state index in [-0.39, 0.29) is 36.5 Å². The zero-order valence-electron chi connectivity index (χ0n) is 20.4. The Hall–Kier alpha value is -2.54. The molecule has 0 rings (SSSR count). The number of aliphatic imine (C=N–C) groups is 1. The zero-order chi connectivity index (χ0) is 26.4. The minimum absolute atomic E-state index is 0.103. The Kier molecular flexibility index (Phi) is 14.9. The fraction of sp³-hybridized carbons (Fsp3) is 0.762. The molecule has 0 spiro atoms. The molecule has 3 amide bonds. The maximum absolute atomic E-state index is 13.1. The lowest BCUT2D eigenvalue weighted by Gasteiger charge is -2.30. The molecule has 0 radical (unpaired) electrons. The van der Waals surface area contributed by atoms with E-state index in [4.69, 9.17) is 17.2 Å². The third-order valence-electron chi connectivity index (χ3n) is 5.68. The molecule has 10 N–H and O–H groups in total. The minimum atomic E-state index is -1.21. The van der Waals surface area contributed by atoms with E-state index in [9.17, 15) is 24.3 Å². The fourth-order valence-electron chi connectivity index (χ4n) is 3.01. The standard InChI is InChI=1S/C21H41N7O5S/c1-5-11(3)15(18(30)26-14(20(32)33)8-7-9-25-21(23)24)28-19(31)16(12(4)6-2)27-17(29)13(22)10-34/h11-16,34H,5-10,22H2,1-4H3,(H,26,30)(H,27,29)(H,28,31)(H,32,33)(H4,23,24,25). The molecule has 0 fully saturated rings. The number of guanidine groups is 1. The maximum atomic E-state index is 13.1. The van der Waals surface area contributed by atoms with Gasteiger partial charge in [0.15, 0.2) is 5.96 Å². The minimum Gasteiger partial charge on any atom is -0.480 e. The molecule has 0 heterocycles. The lowest BCUT2D eigenvalue weighted by molar-refractivity contribution is -0.143. The molecule has 0 aromatic rings. The Labute approximate surface area is 206 Å². The monoisotopic (exact) mass is 503 g/mol. The van der Waals surface area contributed by atoms with E-state index in [0.29, 0.717) is 19.3 Å². The molecule has 196 valence electrons. The summed E-state index contributed by atoms with van der Waals surface area (Å²) in [5.74, 6) is -3.43. The number of nitrogens with zero attached hydrogens (tertiary/aromatic N) is 1. The second-order valence-electron chi connectivity index (χ2n) is 8.38. The summed E-state index contributed by atoms with van der Waals surface area (Å²) in [4.78, 5) is 53.8. The Morgan fingerprint density at radius 1 is 0.912 bits per heavy atom. The Bertz CT molecular complexity index is 718. The average Bonchev–Trinajstić information content (AvgIpc) is 2.80. The number of nitrogens with two attached hydrogens (primary N) is 3. The Morgan fingerprint density at radius 2 is 1.38 bits per heavy atom. The number of hydrogen-bond donors (Lipinski definition) is 8. The molecule has 0 saturated carbocycles. The molecule has 0 bridgehead atoms. The van der Waals surface area contributed by atoms with E-state index < -0.39 is 47.9 Å². The first kappa shape index (κ1) is 31.5. The van der Waals surface area contributed by atoms with E-state index in [1.165, 1.54) is 0 Å². The maximum Gasteiger partial charge on any atom is 0.326 e. The van der Waals surface area contributed by atoms with Crippen LogP contribution in [-0.4, -0.2) is 71.2 Å². The molecular formula is C21H41N7O5S. The highest BCUT2D eigenvalue weighted by Gasteiger charge is 2.34. The van der Waals surface area contributed by atoms with Crippen molar-refractivity contribution >= 4 is 42.3 Å². The van der Waals surface area contributed by atoms with Crippen molar-refractivity contribution in [1.82, 2.24) is 16.0 Å². The van der Waals surface area contributed by atoms with Gasteiger partial charge in [0.2, 0.25) is 17.7 Å². The smallest absolute Gasteiger partial charge is 0.326 e. The normalized spacial score (nSPS) is 16.2. The number of carbonyl (C=O) groups excluding carboxylic acids is 3. The van der Waals surface area contributed by atoms with Crippen LogP contribution in [0, 0.1) is 11.8 Å². The first-order valence-corrected chi connectivity index (χ1v) is 12.1. The number of carbonyl (C=O) groups is 4. The highest BCUT2D eigenvalue weighted by Crippen LogP contribution is 2.13. The lowest BCUT2D eigenvalue weighted by atomic mass is 9.94. The summed E-state index contributed by atoms with van der Waals surface area (Å²) in [5, 5.41) is 17.3. The molecule has 34 heavy (non-hydrogen) atoms. The van der Waals surface area contributed by atoms with Gasteiger partial charge < -0.3 is 38.3 Å². The quantitative estimate of drug-likeness (QED) is 0.0560. The Balaban J connectivity index is 5.51. The fourth-order valence-corrected chi connectivity index (χ4v) is 3.18. The molecule has 0 saturated heterocycles. The van der Waals surface area contributed by atoms with Crippen molar-refractivity contribution in [3.8, 4) is 0 Å². The average molecular weight is 504 g/mol. The van der Waals surface area contributed by atoms with Gasteiger partial charge in [0, 0.05) is 12.3 Å². The number of carboxylic acid groups (broad SMARTS) is 1. The van der Waals surface area contributed by atoms with Gasteiger partial charge in [-0.15, -0.1) is 0 Å². The van der Waals surface area contributed by atoms with Gasteiger partial charge in [-0.3, -0.25) is 19.4 Å². The number of rotatable bonds is 16. The van der Waals surface area contributed by atoms with Gasteiger partial charge in [-0.05, 0) is 24.7 Å². The summed E-state index contributed by atoms with van der Waals surface area (Å²) in [7, 11) is 0. The topological polar surface area (TPSA) is 215 Å². The van der Waals surface area contributed by atoms with E-state index in [2.05, 4.69) is 33.6 Å². The summed E-state index contributed by atoms with van der Waals surface area (Å²) >= 11 is 4.01. The third kappa shape index (κ3) is 11.1. The molecule has 0 aliphatic heterocycles. The number of amides is 3. The van der Waals surface area contributed by atoms with Crippen molar-refractivity contribution in [3.63, 3.8) is 0 Å². The highest BCUT2D eigenvalue weighted by atomic mass is 32.1. The van der Waals surface area contributed by atoms with Crippen LogP contribution in [0.5, 0.6) is 0 Å². The number of hydrogen-bond acceptors (Lipinski definition) is 7. The van der Waals surface area contributed by atoms with Crippen LogP contribution in [0.2, 0.25) is 0 Å². The highest BCUT2D eigenvalue weighted by molar-refractivity contribution is 7.80. The van der Waals surface area contributed by atoms with Gasteiger partial charge in [0.25, 0.3) is 0 Å². The lowest BCUT2D eigenvalue weighted by Crippen LogP contribution is -2.60. The Morgan fingerprint density at radius 3 is 1.79 bits per heavy atom. The van der Waals surface area contributed by atoms with Crippen molar-refractivity contribution in [1.29, 1.82) is 0 Å². The largest absolute Gasteiger partial charge is 0.480 e. The number of aliphatic carboxylic acids is 1. The van der Waals surface area contributed by atoms with Gasteiger partial charge in [-0.2, -0.15) is 12.6 Å². The van der Waals surface area contributed by atoms with Gasteiger partial charge in [-0.1, -0.05) is 40.5 Å². The number of nitrogens with one attached hydrogen (secondary N) is 3. The summed E-state index contributed by atoms with van der Waals surface area (Å²) < 4.78 is 0. The van der Waals surface area contributed by atoms with Gasteiger partial charge in [0.05, 0.1) is 6.04 Å². The SMILES string of the molecule is CCC(C)C(NC(=O)C(N)CS)C(=O)NC(C(=O)NC(CCCN=C(N)N)C(=O)O)C(C)CC. The first-order chi connectivity index (χ1) is 15.9. The number of thiol groups is 1. The van der Waals surface area contributed by atoms with Gasteiger partial charge in [0.1, 0.15) is 18.1 Å². The molecular weight excluding hydrogens is 462 g/mol. The predicted molar refractivity (Wildman–Crippen MR) is 134 cm³/mol. The molecule has 0 aliphatic rings. The molecule has 0 aromatic carbocycles. The molecule has 0 aliphatic carbocycles. The molecule has 0 aromatic heterocycles. The second kappa shape index (κ2) is 16.1. The van der Waals surface area contributed by atoms with Crippen molar-refractivity contribution in [3.05, 3.63) is 0 Å². The van der Waals surface area contributed by atoms with Crippen LogP contribution >= 0.6 is 12.6 Å². The van der Waals surface area contributed by atoms with E-state index in [1.807, 2.05) is 13.8 Å². The summed E-state index contributed by atoms with van der Waals surface area (Å²) in [5.41, 5.74) is 16.2. The first-order valence-electron chi connectivity index (χ1n) is 11.4. The van der Waals surface area contributed by atoms with Crippen LogP contribution in [0.3, 0.4) is 0 Å². The molecule has 13 heteroatoms. The zero-order valence-corrected chi connectivity index (χ0v) is 21.3. The summed E-state index contributed by atoms with van der Waals surface area (Å²) in [6.45, 7) is 7.51. The van der Waals surface area contributed by atoms with Crippen LogP contribution in [-0.2, 0) is 19.2 Å². The predicted octanol–water partition coefficient (Wildman–Crippen LogP) is -1.07. The van der Waals surface area contributed by atoms with Gasteiger partial charge >= 0.3 is 5.97 Å². The van der Waals surface area contributed by atoms with Crippen LogP contribution in [0.4, 0.5) is 0 Å². The van der Waals surface area contributed by atoms with Crippen molar-refractivity contribution in [2.45, 2.75) is 77.5 Å². The molecule has 6 atom stereocenters. The second-order valence-corrected chi connectivity index (χ2v) is 8.75.